The smallest absolute Gasteiger partial charge is 0.258 e. The monoisotopic (exact) mass is 321 g/mol. The largest absolute Gasteiger partial charge is 0.270 e. The summed E-state index contributed by atoms with van der Waals surface area (Å²) in [7, 11) is 0. The molecule has 0 fully saturated rings. The van der Waals surface area contributed by atoms with E-state index in [0.717, 1.165) is 20.4 Å². The van der Waals surface area contributed by atoms with Gasteiger partial charge in [-0.3, -0.25) is 10.1 Å². The van der Waals surface area contributed by atoms with E-state index in [2.05, 4.69) is 15.1 Å². The van der Waals surface area contributed by atoms with Gasteiger partial charge in [0.25, 0.3) is 5.69 Å². The van der Waals surface area contributed by atoms with Gasteiger partial charge in [0.15, 0.2) is 10.2 Å². The number of thiazole rings is 1. The maximum atomic E-state index is 10.8. The van der Waals surface area contributed by atoms with Crippen molar-refractivity contribution in [2.24, 2.45) is 0 Å². The molecule has 3 rings (SSSR count). The standard InChI is InChI=1S/C12H11N5O2S2/c1-7(2)11-13-6-16(15-11)21-12-14-9-4-3-8(17(18)19)5-10(9)20-12/h3-7H,1-2H3. The molecule has 108 valence electrons. The van der Waals surface area contributed by atoms with Crippen LogP contribution in [-0.2, 0) is 0 Å². The first-order chi connectivity index (χ1) is 10.0. The van der Waals surface area contributed by atoms with E-state index < -0.39 is 4.92 Å². The second-order valence-electron chi connectivity index (χ2n) is 4.64. The molecule has 9 heteroatoms. The average Bonchev–Trinajstić information content (AvgIpc) is 3.03. The summed E-state index contributed by atoms with van der Waals surface area (Å²) in [5.74, 6) is 1.05. The fourth-order valence-electron chi connectivity index (χ4n) is 1.69. The number of benzene rings is 1. The molecule has 0 bridgehead atoms. The van der Waals surface area contributed by atoms with Gasteiger partial charge in [-0.15, -0.1) is 16.4 Å². The number of hydrogen-bond acceptors (Lipinski definition) is 7. The highest BCUT2D eigenvalue weighted by atomic mass is 32.2. The molecule has 0 aliphatic rings. The number of hydrogen-bond donors (Lipinski definition) is 0. The molecular formula is C12H11N5O2S2. The number of nitro benzene ring substituents is 1. The zero-order chi connectivity index (χ0) is 15.0. The lowest BCUT2D eigenvalue weighted by atomic mass is 10.2. The summed E-state index contributed by atoms with van der Waals surface area (Å²) in [6, 6.07) is 4.66. The highest BCUT2D eigenvalue weighted by Gasteiger charge is 2.12. The van der Waals surface area contributed by atoms with Crippen LogP contribution in [-0.4, -0.2) is 24.1 Å². The Morgan fingerprint density at radius 2 is 2.24 bits per heavy atom. The van der Waals surface area contributed by atoms with Crippen molar-refractivity contribution in [1.29, 1.82) is 0 Å². The average molecular weight is 321 g/mol. The highest BCUT2D eigenvalue weighted by molar-refractivity contribution is 7.99. The zero-order valence-electron chi connectivity index (χ0n) is 11.3. The van der Waals surface area contributed by atoms with Crippen LogP contribution in [0.15, 0.2) is 28.9 Å². The van der Waals surface area contributed by atoms with Crippen molar-refractivity contribution in [3.8, 4) is 0 Å². The molecule has 0 saturated carbocycles. The van der Waals surface area contributed by atoms with Gasteiger partial charge in [-0.1, -0.05) is 13.8 Å². The zero-order valence-corrected chi connectivity index (χ0v) is 12.9. The van der Waals surface area contributed by atoms with Gasteiger partial charge >= 0.3 is 0 Å². The maximum Gasteiger partial charge on any atom is 0.270 e. The number of aromatic nitrogens is 4. The minimum atomic E-state index is -0.404. The van der Waals surface area contributed by atoms with Gasteiger partial charge in [-0.25, -0.2) is 9.97 Å². The SMILES string of the molecule is CC(C)c1ncn(Sc2nc3ccc([N+](=O)[O-])cc3s2)n1. The number of nitrogens with zero attached hydrogens (tertiary/aromatic N) is 5. The molecule has 0 unspecified atom stereocenters. The van der Waals surface area contributed by atoms with Gasteiger partial charge in [0.2, 0.25) is 0 Å². The van der Waals surface area contributed by atoms with E-state index in [4.69, 9.17) is 0 Å². The molecule has 0 aliphatic heterocycles. The van der Waals surface area contributed by atoms with E-state index in [9.17, 15) is 10.1 Å². The van der Waals surface area contributed by atoms with Crippen molar-refractivity contribution in [3.63, 3.8) is 0 Å². The molecule has 3 aromatic rings. The summed E-state index contributed by atoms with van der Waals surface area (Å²) in [5.41, 5.74) is 0.822. The van der Waals surface area contributed by atoms with Crippen LogP contribution in [0, 0.1) is 10.1 Å². The lowest BCUT2D eigenvalue weighted by Gasteiger charge is -1.96. The Hall–Kier alpha value is -2.00. The molecule has 0 radical (unpaired) electrons. The van der Waals surface area contributed by atoms with Crippen LogP contribution in [0.25, 0.3) is 10.2 Å². The third kappa shape index (κ3) is 2.88. The van der Waals surface area contributed by atoms with E-state index in [1.165, 1.54) is 35.4 Å². The quantitative estimate of drug-likeness (QED) is 0.540. The maximum absolute atomic E-state index is 10.8. The highest BCUT2D eigenvalue weighted by Crippen LogP contribution is 2.32. The lowest BCUT2D eigenvalue weighted by Crippen LogP contribution is -1.92. The first-order valence-corrected chi connectivity index (χ1v) is 7.77. The summed E-state index contributed by atoms with van der Waals surface area (Å²) in [6.45, 7) is 4.06. The normalized spacial score (nSPS) is 11.4. The van der Waals surface area contributed by atoms with Gasteiger partial charge in [-0.05, 0) is 6.07 Å². The van der Waals surface area contributed by atoms with Crippen molar-refractivity contribution >= 4 is 39.2 Å². The van der Waals surface area contributed by atoms with Crippen molar-refractivity contribution < 1.29 is 4.92 Å². The third-order valence-corrected chi connectivity index (χ3v) is 4.64. The van der Waals surface area contributed by atoms with Gasteiger partial charge in [0, 0.05) is 30.0 Å². The number of rotatable bonds is 4. The third-order valence-electron chi connectivity index (χ3n) is 2.74. The summed E-state index contributed by atoms with van der Waals surface area (Å²) in [5, 5.41) is 15.1. The summed E-state index contributed by atoms with van der Waals surface area (Å²) in [4.78, 5) is 19.0. The fraction of sp³-hybridized carbons (Fsp3) is 0.250. The molecule has 1 aromatic carbocycles. The van der Waals surface area contributed by atoms with Crippen LogP contribution in [0.1, 0.15) is 25.6 Å². The first-order valence-electron chi connectivity index (χ1n) is 6.18. The van der Waals surface area contributed by atoms with Crippen molar-refractivity contribution in [3.05, 3.63) is 40.5 Å². The molecular weight excluding hydrogens is 310 g/mol. The minimum absolute atomic E-state index is 0.0746. The number of nitro groups is 1. The van der Waals surface area contributed by atoms with Crippen LogP contribution in [0.4, 0.5) is 5.69 Å². The first kappa shape index (κ1) is 14.0. The van der Waals surface area contributed by atoms with Crippen LogP contribution in [0.5, 0.6) is 0 Å². The Balaban J connectivity index is 1.88. The lowest BCUT2D eigenvalue weighted by molar-refractivity contribution is -0.384. The van der Waals surface area contributed by atoms with Gasteiger partial charge < -0.3 is 0 Å². The van der Waals surface area contributed by atoms with Crippen molar-refractivity contribution in [1.82, 2.24) is 19.2 Å². The fourth-order valence-corrected chi connectivity index (χ4v) is 3.59. The van der Waals surface area contributed by atoms with Crippen LogP contribution in [0.3, 0.4) is 0 Å². The summed E-state index contributed by atoms with van der Waals surface area (Å²) in [6.07, 6.45) is 1.65. The molecule has 0 N–H and O–H groups in total. The Bertz CT molecular complexity index is 811. The molecule has 0 atom stereocenters. The topological polar surface area (TPSA) is 86.7 Å². The molecule has 2 aromatic heterocycles. The molecule has 0 aliphatic carbocycles. The Morgan fingerprint density at radius 3 is 2.90 bits per heavy atom. The predicted molar refractivity (Wildman–Crippen MR) is 81.6 cm³/mol. The molecule has 0 saturated heterocycles. The van der Waals surface area contributed by atoms with E-state index in [1.54, 1.807) is 16.5 Å². The van der Waals surface area contributed by atoms with Crippen molar-refractivity contribution in [2.75, 3.05) is 0 Å². The molecule has 2 heterocycles. The van der Waals surface area contributed by atoms with Crippen molar-refractivity contribution in [2.45, 2.75) is 24.1 Å². The van der Waals surface area contributed by atoms with Crippen LogP contribution >= 0.6 is 23.3 Å². The minimum Gasteiger partial charge on any atom is -0.258 e. The van der Waals surface area contributed by atoms with E-state index in [1.807, 2.05) is 13.8 Å². The summed E-state index contributed by atoms with van der Waals surface area (Å²) < 4.78 is 3.21. The van der Waals surface area contributed by atoms with Gasteiger partial charge in [0.1, 0.15) is 6.33 Å². The Labute approximate surface area is 128 Å². The number of non-ortho nitro benzene ring substituents is 1. The van der Waals surface area contributed by atoms with Crippen LogP contribution < -0.4 is 0 Å². The summed E-state index contributed by atoms with van der Waals surface area (Å²) >= 11 is 2.75. The Morgan fingerprint density at radius 1 is 1.43 bits per heavy atom. The van der Waals surface area contributed by atoms with Gasteiger partial charge in [0.05, 0.1) is 15.1 Å². The van der Waals surface area contributed by atoms with Crippen LogP contribution in [0.2, 0.25) is 0 Å². The second-order valence-corrected chi connectivity index (χ2v) is 6.87. The Kier molecular flexibility index (Phi) is 3.60. The predicted octanol–water partition coefficient (Wildman–Crippen LogP) is 3.47. The van der Waals surface area contributed by atoms with E-state index >= 15 is 0 Å². The van der Waals surface area contributed by atoms with Gasteiger partial charge in [-0.2, -0.15) is 4.09 Å². The van der Waals surface area contributed by atoms with E-state index in [0.29, 0.717) is 0 Å². The molecule has 0 spiro atoms. The number of fused-ring (bicyclic) bond motifs is 1. The van der Waals surface area contributed by atoms with E-state index in [-0.39, 0.29) is 11.6 Å². The molecule has 0 amide bonds. The second kappa shape index (κ2) is 5.41. The molecule has 21 heavy (non-hydrogen) atoms. The molecule has 7 nitrogen and oxygen atoms in total.